The second-order valence-electron chi connectivity index (χ2n) is 2.74. The lowest BCUT2D eigenvalue weighted by Crippen LogP contribution is -1.97. The molecule has 64 valence electrons. The quantitative estimate of drug-likeness (QED) is 0.617. The smallest absolute Gasteiger partial charge is 0.150 e. The van der Waals surface area contributed by atoms with Crippen LogP contribution in [0.3, 0.4) is 0 Å². The van der Waals surface area contributed by atoms with E-state index in [0.717, 1.165) is 0 Å². The van der Waals surface area contributed by atoms with Gasteiger partial charge < -0.3 is 0 Å². The largest absolute Gasteiger partial charge is 0.298 e. The zero-order valence-corrected chi connectivity index (χ0v) is 7.23. The first-order valence-corrected chi connectivity index (χ1v) is 3.93. The van der Waals surface area contributed by atoms with Gasteiger partial charge in [-0.2, -0.15) is 0 Å². The molecule has 0 saturated heterocycles. The zero-order valence-electron chi connectivity index (χ0n) is 7.23. The Labute approximate surface area is 71.2 Å². The Balaban J connectivity index is 3.35. The molecular weight excluding hydrogens is 155 g/mol. The van der Waals surface area contributed by atoms with E-state index in [2.05, 4.69) is 0 Å². The van der Waals surface area contributed by atoms with Crippen molar-refractivity contribution in [2.45, 2.75) is 20.3 Å². The molecule has 0 aliphatic carbocycles. The normalized spacial score (nSPS) is 9.92. The highest BCUT2D eigenvalue weighted by Crippen LogP contribution is 2.16. The lowest BCUT2D eigenvalue weighted by molar-refractivity contribution is 0.112. The molecule has 1 rings (SSSR count). The molecule has 0 aliphatic rings. The zero-order chi connectivity index (χ0) is 9.14. The predicted molar refractivity (Wildman–Crippen MR) is 45.9 cm³/mol. The minimum Gasteiger partial charge on any atom is -0.298 e. The number of hydrogen-bond donors (Lipinski definition) is 0. The van der Waals surface area contributed by atoms with Crippen molar-refractivity contribution in [3.63, 3.8) is 0 Å². The lowest BCUT2D eigenvalue weighted by Gasteiger charge is -2.05. The summed E-state index contributed by atoms with van der Waals surface area (Å²) in [5, 5.41) is 0. The van der Waals surface area contributed by atoms with Crippen molar-refractivity contribution in [1.82, 2.24) is 0 Å². The van der Waals surface area contributed by atoms with Crippen molar-refractivity contribution in [2.24, 2.45) is 0 Å². The predicted octanol–water partition coefficient (Wildman–Crippen LogP) is 2.51. The molecule has 0 aromatic heterocycles. The summed E-state index contributed by atoms with van der Waals surface area (Å²) in [6.07, 6.45) is 1.25. The highest BCUT2D eigenvalue weighted by atomic mass is 19.1. The van der Waals surface area contributed by atoms with Crippen LogP contribution in [0.1, 0.15) is 28.4 Å². The van der Waals surface area contributed by atoms with Gasteiger partial charge in [0.2, 0.25) is 0 Å². The second kappa shape index (κ2) is 3.48. The molecule has 0 radical (unpaired) electrons. The second-order valence-corrected chi connectivity index (χ2v) is 2.74. The standard InChI is InChI=1S/C10H11FO/c1-3-9-8(6-12)5-4-7(2)10(9)11/h4-6H,3H2,1-2H3. The van der Waals surface area contributed by atoms with Crippen LogP contribution in [0.25, 0.3) is 0 Å². The van der Waals surface area contributed by atoms with Gasteiger partial charge in [0, 0.05) is 5.56 Å². The van der Waals surface area contributed by atoms with Gasteiger partial charge in [-0.3, -0.25) is 4.79 Å². The Morgan fingerprint density at radius 1 is 1.50 bits per heavy atom. The van der Waals surface area contributed by atoms with Gasteiger partial charge in [0.1, 0.15) is 12.1 Å². The van der Waals surface area contributed by atoms with Crippen molar-refractivity contribution in [3.05, 3.63) is 34.6 Å². The first kappa shape index (κ1) is 8.91. The van der Waals surface area contributed by atoms with Crippen LogP contribution >= 0.6 is 0 Å². The highest BCUT2D eigenvalue weighted by Gasteiger charge is 2.07. The van der Waals surface area contributed by atoms with Gasteiger partial charge in [-0.15, -0.1) is 0 Å². The Kier molecular flexibility index (Phi) is 2.58. The molecule has 0 heterocycles. The topological polar surface area (TPSA) is 17.1 Å². The lowest BCUT2D eigenvalue weighted by atomic mass is 10.0. The third kappa shape index (κ3) is 1.37. The van der Waals surface area contributed by atoms with E-state index in [1.807, 2.05) is 6.92 Å². The van der Waals surface area contributed by atoms with Crippen LogP contribution in [0.15, 0.2) is 12.1 Å². The Morgan fingerprint density at radius 2 is 2.17 bits per heavy atom. The molecule has 12 heavy (non-hydrogen) atoms. The van der Waals surface area contributed by atoms with Crippen LogP contribution in [-0.4, -0.2) is 6.29 Å². The van der Waals surface area contributed by atoms with Crippen molar-refractivity contribution < 1.29 is 9.18 Å². The van der Waals surface area contributed by atoms with E-state index in [9.17, 15) is 9.18 Å². The van der Waals surface area contributed by atoms with Gasteiger partial charge in [-0.1, -0.05) is 19.1 Å². The molecule has 0 amide bonds. The minimum atomic E-state index is -0.248. The average Bonchev–Trinajstić information content (AvgIpc) is 2.09. The van der Waals surface area contributed by atoms with Crippen molar-refractivity contribution in [3.8, 4) is 0 Å². The van der Waals surface area contributed by atoms with Crippen LogP contribution in [0, 0.1) is 12.7 Å². The molecule has 0 bridgehead atoms. The minimum absolute atomic E-state index is 0.248. The van der Waals surface area contributed by atoms with Crippen molar-refractivity contribution in [2.75, 3.05) is 0 Å². The van der Waals surface area contributed by atoms with Gasteiger partial charge in [-0.25, -0.2) is 4.39 Å². The first-order chi connectivity index (χ1) is 5.70. The molecular formula is C10H11FO. The highest BCUT2D eigenvalue weighted by molar-refractivity contribution is 5.77. The number of rotatable bonds is 2. The van der Waals surface area contributed by atoms with Gasteiger partial charge in [-0.05, 0) is 24.5 Å². The molecule has 2 heteroatoms. The maximum atomic E-state index is 13.3. The maximum Gasteiger partial charge on any atom is 0.150 e. The van der Waals surface area contributed by atoms with Gasteiger partial charge in [0.15, 0.2) is 0 Å². The fourth-order valence-corrected chi connectivity index (χ4v) is 1.22. The van der Waals surface area contributed by atoms with Crippen molar-refractivity contribution in [1.29, 1.82) is 0 Å². The van der Waals surface area contributed by atoms with E-state index >= 15 is 0 Å². The summed E-state index contributed by atoms with van der Waals surface area (Å²) in [6, 6.07) is 3.28. The molecule has 0 unspecified atom stereocenters. The number of carbonyl (C=O) groups is 1. The third-order valence-corrected chi connectivity index (χ3v) is 1.95. The van der Waals surface area contributed by atoms with Crippen molar-refractivity contribution >= 4 is 6.29 Å². The number of halogens is 1. The summed E-state index contributed by atoms with van der Waals surface area (Å²) < 4.78 is 13.3. The Bertz CT molecular complexity index is 305. The molecule has 1 aromatic rings. The van der Waals surface area contributed by atoms with E-state index in [1.54, 1.807) is 19.1 Å². The van der Waals surface area contributed by atoms with Crippen LogP contribution in [-0.2, 0) is 6.42 Å². The molecule has 0 spiro atoms. The Morgan fingerprint density at radius 3 is 2.67 bits per heavy atom. The molecule has 0 N–H and O–H groups in total. The number of aryl methyl sites for hydroxylation is 1. The summed E-state index contributed by atoms with van der Waals surface area (Å²) in [7, 11) is 0. The monoisotopic (exact) mass is 166 g/mol. The summed E-state index contributed by atoms with van der Waals surface area (Å²) in [5.74, 6) is -0.248. The summed E-state index contributed by atoms with van der Waals surface area (Å²) in [5.41, 5.74) is 1.57. The van der Waals surface area contributed by atoms with Crippen LogP contribution in [0.2, 0.25) is 0 Å². The maximum absolute atomic E-state index is 13.3. The molecule has 0 aliphatic heterocycles. The number of carbonyl (C=O) groups excluding carboxylic acids is 1. The van der Waals surface area contributed by atoms with E-state index in [-0.39, 0.29) is 5.82 Å². The van der Waals surface area contributed by atoms with E-state index in [4.69, 9.17) is 0 Å². The first-order valence-electron chi connectivity index (χ1n) is 3.93. The van der Waals surface area contributed by atoms with E-state index in [1.165, 1.54) is 0 Å². The Hall–Kier alpha value is -1.18. The molecule has 0 fully saturated rings. The van der Waals surface area contributed by atoms with Crippen LogP contribution in [0.5, 0.6) is 0 Å². The van der Waals surface area contributed by atoms with Crippen LogP contribution in [0.4, 0.5) is 4.39 Å². The van der Waals surface area contributed by atoms with Gasteiger partial charge in [0.05, 0.1) is 0 Å². The fourth-order valence-electron chi connectivity index (χ4n) is 1.22. The molecule has 1 aromatic carbocycles. The summed E-state index contributed by atoms with van der Waals surface area (Å²) in [6.45, 7) is 3.54. The molecule has 1 nitrogen and oxygen atoms in total. The van der Waals surface area contributed by atoms with Gasteiger partial charge in [0.25, 0.3) is 0 Å². The third-order valence-electron chi connectivity index (χ3n) is 1.95. The molecule has 0 saturated carbocycles. The number of hydrogen-bond acceptors (Lipinski definition) is 1. The number of aldehydes is 1. The summed E-state index contributed by atoms with van der Waals surface area (Å²) >= 11 is 0. The average molecular weight is 166 g/mol. The van der Waals surface area contributed by atoms with Crippen LogP contribution < -0.4 is 0 Å². The SMILES string of the molecule is CCc1c(C=O)ccc(C)c1F. The van der Waals surface area contributed by atoms with E-state index in [0.29, 0.717) is 29.4 Å². The van der Waals surface area contributed by atoms with Gasteiger partial charge >= 0.3 is 0 Å². The summed E-state index contributed by atoms with van der Waals surface area (Å²) in [4.78, 5) is 10.5. The molecule has 0 atom stereocenters. The van der Waals surface area contributed by atoms with E-state index < -0.39 is 0 Å². The fraction of sp³-hybridized carbons (Fsp3) is 0.300. The number of benzene rings is 1.